The fourth-order valence-corrected chi connectivity index (χ4v) is 4.87. The molecule has 0 bridgehead atoms. The van der Waals surface area contributed by atoms with Crippen LogP contribution < -0.4 is 11.3 Å². The second-order valence-electron chi connectivity index (χ2n) is 4.18. The Morgan fingerprint density at radius 2 is 2.17 bits per heavy atom. The van der Waals surface area contributed by atoms with Crippen molar-refractivity contribution < 1.29 is 8.42 Å². The van der Waals surface area contributed by atoms with Crippen LogP contribution in [-0.4, -0.2) is 37.3 Å². The summed E-state index contributed by atoms with van der Waals surface area (Å²) in [6.45, 7) is 0. The molecular weight excluding hydrogens is 270 g/mol. The summed E-state index contributed by atoms with van der Waals surface area (Å²) < 4.78 is 26.5. The van der Waals surface area contributed by atoms with Gasteiger partial charge in [-0.25, -0.2) is 8.42 Å². The zero-order chi connectivity index (χ0) is 13.2. The summed E-state index contributed by atoms with van der Waals surface area (Å²) in [7, 11) is -1.85. The van der Waals surface area contributed by atoms with Gasteiger partial charge in [0.2, 0.25) is 10.0 Å². The van der Waals surface area contributed by atoms with Gasteiger partial charge in [0.05, 0.1) is 5.69 Å². The van der Waals surface area contributed by atoms with E-state index in [1.54, 1.807) is 43.1 Å². The molecule has 0 aromatic heterocycles. The first-order valence-corrected chi connectivity index (χ1v) is 8.28. The average molecular weight is 287 g/mol. The predicted octanol–water partition coefficient (Wildman–Crippen LogP) is 1.10. The number of nitrogen functional groups attached to an aromatic ring is 1. The average Bonchev–Trinajstić information content (AvgIpc) is 2.91. The molecule has 0 radical (unpaired) electrons. The van der Waals surface area contributed by atoms with Gasteiger partial charge in [0.15, 0.2) is 0 Å². The standard InChI is InChI=1S/C11H17N3O2S2/c1-14(9-6-7-17-8-9)18(15,16)11-5-3-2-4-10(11)13-12/h2-5,9,13H,6-8,12H2,1H3. The maximum Gasteiger partial charge on any atom is 0.245 e. The molecule has 1 aromatic rings. The number of thioether (sulfide) groups is 1. The van der Waals surface area contributed by atoms with Crippen molar-refractivity contribution in [3.8, 4) is 0 Å². The molecule has 7 heteroatoms. The zero-order valence-electron chi connectivity index (χ0n) is 10.2. The Balaban J connectivity index is 2.35. The van der Waals surface area contributed by atoms with E-state index in [2.05, 4.69) is 5.43 Å². The first-order valence-electron chi connectivity index (χ1n) is 5.69. The maximum atomic E-state index is 12.5. The molecule has 1 unspecified atom stereocenters. The lowest BCUT2D eigenvalue weighted by atomic mass is 10.3. The van der Waals surface area contributed by atoms with Crippen LogP contribution in [0.4, 0.5) is 5.69 Å². The SMILES string of the molecule is CN(C1CCSC1)S(=O)(=O)c1ccccc1NN. The summed E-state index contributed by atoms with van der Waals surface area (Å²) in [5.74, 6) is 7.23. The number of para-hydroxylation sites is 1. The maximum absolute atomic E-state index is 12.5. The fraction of sp³-hybridized carbons (Fsp3) is 0.455. The summed E-state index contributed by atoms with van der Waals surface area (Å²) >= 11 is 1.79. The summed E-state index contributed by atoms with van der Waals surface area (Å²) in [5.41, 5.74) is 2.86. The van der Waals surface area contributed by atoms with Crippen molar-refractivity contribution in [3.63, 3.8) is 0 Å². The minimum Gasteiger partial charge on any atom is -0.323 e. The van der Waals surface area contributed by atoms with Crippen LogP contribution in [0.15, 0.2) is 29.2 Å². The van der Waals surface area contributed by atoms with Crippen LogP contribution in [0.25, 0.3) is 0 Å². The van der Waals surface area contributed by atoms with E-state index < -0.39 is 10.0 Å². The Morgan fingerprint density at radius 3 is 2.78 bits per heavy atom. The first kappa shape index (κ1) is 13.7. The van der Waals surface area contributed by atoms with Gasteiger partial charge in [-0.2, -0.15) is 16.1 Å². The summed E-state index contributed by atoms with van der Waals surface area (Å²) in [6, 6.07) is 6.75. The molecule has 0 amide bonds. The summed E-state index contributed by atoms with van der Waals surface area (Å²) in [6.07, 6.45) is 0.901. The normalized spacial score (nSPS) is 20.3. The van der Waals surface area contributed by atoms with Crippen molar-refractivity contribution in [2.75, 3.05) is 24.0 Å². The Hall–Kier alpha value is -0.760. The second kappa shape index (κ2) is 5.48. The van der Waals surface area contributed by atoms with Crippen LogP contribution in [0, 0.1) is 0 Å². The van der Waals surface area contributed by atoms with Crippen molar-refractivity contribution in [1.82, 2.24) is 4.31 Å². The van der Waals surface area contributed by atoms with Gasteiger partial charge in [-0.05, 0) is 24.3 Å². The highest BCUT2D eigenvalue weighted by Gasteiger charge is 2.31. The number of nitrogens with two attached hydrogens (primary N) is 1. The molecule has 1 saturated heterocycles. The predicted molar refractivity (Wildman–Crippen MR) is 74.9 cm³/mol. The molecule has 1 fully saturated rings. The number of nitrogens with zero attached hydrogens (tertiary/aromatic N) is 1. The van der Waals surface area contributed by atoms with Crippen LogP contribution in [0.1, 0.15) is 6.42 Å². The molecule has 18 heavy (non-hydrogen) atoms. The molecule has 1 aliphatic heterocycles. The quantitative estimate of drug-likeness (QED) is 0.640. The highest BCUT2D eigenvalue weighted by molar-refractivity contribution is 7.99. The lowest BCUT2D eigenvalue weighted by molar-refractivity contribution is 0.395. The Labute approximate surface area is 112 Å². The third-order valence-electron chi connectivity index (χ3n) is 3.12. The van der Waals surface area contributed by atoms with Gasteiger partial charge >= 0.3 is 0 Å². The Morgan fingerprint density at radius 1 is 1.44 bits per heavy atom. The van der Waals surface area contributed by atoms with Crippen LogP contribution in [0.5, 0.6) is 0 Å². The number of sulfonamides is 1. The first-order chi connectivity index (χ1) is 8.57. The molecule has 1 aromatic carbocycles. The fourth-order valence-electron chi connectivity index (χ4n) is 1.97. The highest BCUT2D eigenvalue weighted by Crippen LogP contribution is 2.29. The van der Waals surface area contributed by atoms with Gasteiger partial charge in [0.25, 0.3) is 0 Å². The number of benzene rings is 1. The van der Waals surface area contributed by atoms with E-state index in [0.29, 0.717) is 5.69 Å². The number of hydrazine groups is 1. The van der Waals surface area contributed by atoms with Crippen LogP contribution in [0.3, 0.4) is 0 Å². The van der Waals surface area contributed by atoms with E-state index in [1.807, 2.05) is 0 Å². The van der Waals surface area contributed by atoms with E-state index >= 15 is 0 Å². The third kappa shape index (κ3) is 2.49. The van der Waals surface area contributed by atoms with Gasteiger partial charge in [-0.1, -0.05) is 12.1 Å². The molecule has 0 saturated carbocycles. The number of anilines is 1. The molecule has 5 nitrogen and oxygen atoms in total. The topological polar surface area (TPSA) is 75.4 Å². The number of hydrogen-bond donors (Lipinski definition) is 2. The molecule has 100 valence electrons. The van der Waals surface area contributed by atoms with E-state index in [9.17, 15) is 8.42 Å². The minimum atomic E-state index is -3.49. The summed E-state index contributed by atoms with van der Waals surface area (Å²) in [5, 5.41) is 0. The van der Waals surface area contributed by atoms with Crippen molar-refractivity contribution in [2.24, 2.45) is 5.84 Å². The zero-order valence-corrected chi connectivity index (χ0v) is 11.8. The van der Waals surface area contributed by atoms with Gasteiger partial charge in [0.1, 0.15) is 4.90 Å². The number of nitrogens with one attached hydrogen (secondary N) is 1. The van der Waals surface area contributed by atoms with Crippen LogP contribution in [0.2, 0.25) is 0 Å². The molecule has 1 aliphatic rings. The molecule has 3 N–H and O–H groups in total. The smallest absolute Gasteiger partial charge is 0.245 e. The Bertz CT molecular complexity index is 513. The molecule has 2 rings (SSSR count). The van der Waals surface area contributed by atoms with Gasteiger partial charge < -0.3 is 5.43 Å². The number of rotatable bonds is 4. The minimum absolute atomic E-state index is 0.0748. The lowest BCUT2D eigenvalue weighted by Gasteiger charge is -2.24. The van der Waals surface area contributed by atoms with E-state index in [-0.39, 0.29) is 10.9 Å². The van der Waals surface area contributed by atoms with Crippen LogP contribution >= 0.6 is 11.8 Å². The highest BCUT2D eigenvalue weighted by atomic mass is 32.2. The van der Waals surface area contributed by atoms with Crippen molar-refractivity contribution in [2.45, 2.75) is 17.4 Å². The van der Waals surface area contributed by atoms with Gasteiger partial charge in [0, 0.05) is 18.8 Å². The Kier molecular flexibility index (Phi) is 4.16. The largest absolute Gasteiger partial charge is 0.323 e. The van der Waals surface area contributed by atoms with Crippen molar-refractivity contribution in [3.05, 3.63) is 24.3 Å². The molecule has 0 aliphatic carbocycles. The molecular formula is C11H17N3O2S2. The molecule has 0 spiro atoms. The van der Waals surface area contributed by atoms with Crippen LogP contribution in [-0.2, 0) is 10.0 Å². The van der Waals surface area contributed by atoms with E-state index in [1.165, 1.54) is 4.31 Å². The second-order valence-corrected chi connectivity index (χ2v) is 7.29. The monoisotopic (exact) mass is 287 g/mol. The van der Waals surface area contributed by atoms with Crippen molar-refractivity contribution >= 4 is 27.5 Å². The third-order valence-corrected chi connectivity index (χ3v) is 6.23. The van der Waals surface area contributed by atoms with Crippen molar-refractivity contribution in [1.29, 1.82) is 0 Å². The van der Waals surface area contributed by atoms with E-state index in [4.69, 9.17) is 5.84 Å². The molecule has 1 heterocycles. The van der Waals surface area contributed by atoms with E-state index in [0.717, 1.165) is 17.9 Å². The van der Waals surface area contributed by atoms with Gasteiger partial charge in [-0.15, -0.1) is 0 Å². The lowest BCUT2D eigenvalue weighted by Crippen LogP contribution is -2.37. The molecule has 1 atom stereocenters. The number of hydrogen-bond acceptors (Lipinski definition) is 5. The van der Waals surface area contributed by atoms with Gasteiger partial charge in [-0.3, -0.25) is 5.84 Å². The summed E-state index contributed by atoms with van der Waals surface area (Å²) in [4.78, 5) is 0.229.